The maximum Gasteiger partial charge on any atom is 0.0849 e. The van der Waals surface area contributed by atoms with Gasteiger partial charge in [0.25, 0.3) is 0 Å². The molecule has 0 saturated carbocycles. The van der Waals surface area contributed by atoms with Crippen molar-refractivity contribution < 1.29 is 15.3 Å². The Morgan fingerprint density at radius 2 is 1.91 bits per heavy atom. The molecule has 0 rings (SSSR count). The Labute approximate surface area is 67.7 Å². The van der Waals surface area contributed by atoms with E-state index in [1.165, 1.54) is 0 Å². The summed E-state index contributed by atoms with van der Waals surface area (Å²) in [6.07, 6.45) is 1.27. The summed E-state index contributed by atoms with van der Waals surface area (Å²) < 4.78 is 0. The molecule has 3 nitrogen and oxygen atoms in total. The van der Waals surface area contributed by atoms with Gasteiger partial charge in [0.2, 0.25) is 0 Å². The van der Waals surface area contributed by atoms with Crippen LogP contribution < -0.4 is 0 Å². The van der Waals surface area contributed by atoms with Crippen molar-refractivity contribution in [3.63, 3.8) is 0 Å². The zero-order chi connectivity index (χ0) is 8.91. The van der Waals surface area contributed by atoms with E-state index in [9.17, 15) is 5.11 Å². The van der Waals surface area contributed by atoms with Gasteiger partial charge < -0.3 is 15.3 Å². The fraction of sp³-hybridized carbons (Fsp3) is 1.00. The lowest BCUT2D eigenvalue weighted by Crippen LogP contribution is -2.29. The highest BCUT2D eigenvalue weighted by molar-refractivity contribution is 4.71. The molecule has 11 heavy (non-hydrogen) atoms. The van der Waals surface area contributed by atoms with Gasteiger partial charge >= 0.3 is 0 Å². The molecule has 0 unspecified atom stereocenters. The second kappa shape index (κ2) is 4.70. The SMILES string of the molecule is C[C@@H](CO)CC[C@@](C)(O)CO. The van der Waals surface area contributed by atoms with Gasteiger partial charge in [0.05, 0.1) is 12.2 Å². The van der Waals surface area contributed by atoms with Crippen LogP contribution in [0.3, 0.4) is 0 Å². The van der Waals surface area contributed by atoms with Crippen molar-refractivity contribution >= 4 is 0 Å². The smallest absolute Gasteiger partial charge is 0.0849 e. The average Bonchev–Trinajstić information content (AvgIpc) is 2.00. The minimum Gasteiger partial charge on any atom is -0.396 e. The first-order valence-electron chi connectivity index (χ1n) is 3.96. The Morgan fingerprint density at radius 1 is 1.36 bits per heavy atom. The lowest BCUT2D eigenvalue weighted by Gasteiger charge is -2.21. The summed E-state index contributed by atoms with van der Waals surface area (Å²) in [5, 5.41) is 26.7. The van der Waals surface area contributed by atoms with E-state index in [4.69, 9.17) is 10.2 Å². The van der Waals surface area contributed by atoms with Gasteiger partial charge in [-0.3, -0.25) is 0 Å². The Balaban J connectivity index is 3.52. The molecule has 0 aliphatic rings. The van der Waals surface area contributed by atoms with Crippen LogP contribution in [0.15, 0.2) is 0 Å². The Bertz CT molecular complexity index is 102. The molecule has 0 aromatic heterocycles. The number of rotatable bonds is 5. The van der Waals surface area contributed by atoms with E-state index in [0.29, 0.717) is 6.42 Å². The van der Waals surface area contributed by atoms with Crippen LogP contribution in [0.1, 0.15) is 26.7 Å². The summed E-state index contributed by atoms with van der Waals surface area (Å²) in [7, 11) is 0. The van der Waals surface area contributed by atoms with E-state index < -0.39 is 5.60 Å². The molecule has 0 fully saturated rings. The first-order chi connectivity index (χ1) is 5.02. The summed E-state index contributed by atoms with van der Waals surface area (Å²) in [5.41, 5.74) is -0.983. The largest absolute Gasteiger partial charge is 0.396 e. The van der Waals surface area contributed by atoms with Gasteiger partial charge in [-0.25, -0.2) is 0 Å². The fourth-order valence-corrected chi connectivity index (χ4v) is 0.728. The lowest BCUT2D eigenvalue weighted by molar-refractivity contribution is -0.0107. The molecule has 0 aliphatic heterocycles. The molecular weight excluding hydrogens is 144 g/mol. The zero-order valence-electron chi connectivity index (χ0n) is 7.25. The van der Waals surface area contributed by atoms with Crippen LogP contribution in [0.2, 0.25) is 0 Å². The van der Waals surface area contributed by atoms with Gasteiger partial charge in [0.1, 0.15) is 0 Å². The Morgan fingerprint density at radius 3 is 2.27 bits per heavy atom. The molecular formula is C8H18O3. The molecule has 0 bridgehead atoms. The standard InChI is InChI=1S/C8H18O3/c1-7(5-9)3-4-8(2,11)6-10/h7,9-11H,3-6H2,1-2H3/t7-,8-/m1/s1. The molecule has 0 aliphatic carbocycles. The number of aliphatic hydroxyl groups excluding tert-OH is 2. The van der Waals surface area contributed by atoms with Crippen LogP contribution in [-0.4, -0.2) is 34.1 Å². The summed E-state index contributed by atoms with van der Waals surface area (Å²) in [4.78, 5) is 0. The monoisotopic (exact) mass is 162 g/mol. The van der Waals surface area contributed by atoms with Crippen molar-refractivity contribution in [3.05, 3.63) is 0 Å². The quantitative estimate of drug-likeness (QED) is 0.539. The van der Waals surface area contributed by atoms with E-state index in [0.717, 1.165) is 6.42 Å². The third kappa shape index (κ3) is 5.18. The molecule has 2 atom stereocenters. The van der Waals surface area contributed by atoms with E-state index in [2.05, 4.69) is 0 Å². The van der Waals surface area contributed by atoms with Gasteiger partial charge in [-0.15, -0.1) is 0 Å². The third-order valence-electron chi connectivity index (χ3n) is 1.83. The van der Waals surface area contributed by atoms with Crippen LogP contribution >= 0.6 is 0 Å². The third-order valence-corrected chi connectivity index (χ3v) is 1.83. The molecule has 3 heteroatoms. The maximum absolute atomic E-state index is 9.34. The van der Waals surface area contributed by atoms with Crippen molar-refractivity contribution in [2.75, 3.05) is 13.2 Å². The zero-order valence-corrected chi connectivity index (χ0v) is 7.25. The Kier molecular flexibility index (Phi) is 4.65. The van der Waals surface area contributed by atoms with E-state index in [1.807, 2.05) is 6.92 Å². The minimum atomic E-state index is -0.983. The molecule has 0 heterocycles. The van der Waals surface area contributed by atoms with Crippen molar-refractivity contribution in [1.29, 1.82) is 0 Å². The number of aliphatic hydroxyl groups is 3. The van der Waals surface area contributed by atoms with Gasteiger partial charge in [0, 0.05) is 6.61 Å². The van der Waals surface area contributed by atoms with E-state index in [1.54, 1.807) is 6.92 Å². The van der Waals surface area contributed by atoms with Gasteiger partial charge in [-0.2, -0.15) is 0 Å². The van der Waals surface area contributed by atoms with Gasteiger partial charge in [0.15, 0.2) is 0 Å². The van der Waals surface area contributed by atoms with Gasteiger partial charge in [-0.1, -0.05) is 6.92 Å². The highest BCUT2D eigenvalue weighted by Crippen LogP contribution is 2.15. The van der Waals surface area contributed by atoms with Crippen molar-refractivity contribution in [1.82, 2.24) is 0 Å². The van der Waals surface area contributed by atoms with Crippen LogP contribution in [0.5, 0.6) is 0 Å². The topological polar surface area (TPSA) is 60.7 Å². The molecule has 3 N–H and O–H groups in total. The van der Waals surface area contributed by atoms with Crippen LogP contribution in [0.4, 0.5) is 0 Å². The first-order valence-corrected chi connectivity index (χ1v) is 3.96. The van der Waals surface area contributed by atoms with Crippen molar-refractivity contribution in [3.8, 4) is 0 Å². The lowest BCUT2D eigenvalue weighted by atomic mass is 9.96. The average molecular weight is 162 g/mol. The fourth-order valence-electron chi connectivity index (χ4n) is 0.728. The van der Waals surface area contributed by atoms with E-state index in [-0.39, 0.29) is 19.1 Å². The van der Waals surface area contributed by atoms with Crippen molar-refractivity contribution in [2.24, 2.45) is 5.92 Å². The number of hydrogen-bond donors (Lipinski definition) is 3. The van der Waals surface area contributed by atoms with Gasteiger partial charge in [-0.05, 0) is 25.7 Å². The van der Waals surface area contributed by atoms with Crippen LogP contribution in [-0.2, 0) is 0 Å². The molecule has 0 spiro atoms. The maximum atomic E-state index is 9.34. The summed E-state index contributed by atoms with van der Waals surface area (Å²) >= 11 is 0. The first kappa shape index (κ1) is 10.9. The number of hydrogen-bond acceptors (Lipinski definition) is 3. The normalized spacial score (nSPS) is 19.4. The predicted octanol–water partition coefficient (Wildman–Crippen LogP) is 0.138. The molecule has 68 valence electrons. The molecule has 0 saturated heterocycles. The Hall–Kier alpha value is -0.120. The second-order valence-corrected chi connectivity index (χ2v) is 3.48. The predicted molar refractivity (Wildman–Crippen MR) is 43.2 cm³/mol. The van der Waals surface area contributed by atoms with Crippen LogP contribution in [0.25, 0.3) is 0 Å². The highest BCUT2D eigenvalue weighted by atomic mass is 16.3. The molecule has 0 aromatic carbocycles. The second-order valence-electron chi connectivity index (χ2n) is 3.48. The summed E-state index contributed by atoms with van der Waals surface area (Å²) in [5.74, 6) is 0.202. The van der Waals surface area contributed by atoms with E-state index >= 15 is 0 Å². The highest BCUT2D eigenvalue weighted by Gasteiger charge is 2.19. The molecule has 0 amide bonds. The molecule has 0 radical (unpaired) electrons. The minimum absolute atomic E-state index is 0.140. The summed E-state index contributed by atoms with van der Waals surface area (Å²) in [6, 6.07) is 0. The summed E-state index contributed by atoms with van der Waals surface area (Å²) in [6.45, 7) is 3.43. The van der Waals surface area contributed by atoms with Crippen LogP contribution in [0, 0.1) is 5.92 Å². The van der Waals surface area contributed by atoms with Crippen molar-refractivity contribution in [2.45, 2.75) is 32.3 Å². The molecule has 0 aromatic rings.